The summed E-state index contributed by atoms with van der Waals surface area (Å²) in [7, 11) is 0. The third-order valence-corrected chi connectivity index (χ3v) is 6.59. The van der Waals surface area contributed by atoms with Gasteiger partial charge in [-0.3, -0.25) is 14.0 Å². The molecule has 0 spiro atoms. The van der Waals surface area contributed by atoms with Crippen LogP contribution < -0.4 is 0 Å². The fourth-order valence-corrected chi connectivity index (χ4v) is 4.92. The standard InChI is InChI=1S/C24H26FN5O2/c25-20-10-8-17(9-11-20)23(31)29-13-4-6-19(16-29)24(32)28-12-3-5-18(15-28)22-27-26-21-7-1-2-14-30(21)22/h1-2,7-11,14,18-19H,3-6,12-13,15-16H2. The van der Waals surface area contributed by atoms with Crippen molar-refractivity contribution >= 4 is 17.5 Å². The van der Waals surface area contributed by atoms with E-state index in [9.17, 15) is 14.0 Å². The van der Waals surface area contributed by atoms with Crippen LogP contribution in [-0.4, -0.2) is 62.4 Å². The van der Waals surface area contributed by atoms with E-state index in [4.69, 9.17) is 0 Å². The quantitative estimate of drug-likeness (QED) is 0.634. The topological polar surface area (TPSA) is 70.8 Å². The van der Waals surface area contributed by atoms with Crippen LogP contribution in [0.4, 0.5) is 4.39 Å². The Kier molecular flexibility index (Phi) is 5.59. The highest BCUT2D eigenvalue weighted by Gasteiger charge is 2.34. The summed E-state index contributed by atoms with van der Waals surface area (Å²) < 4.78 is 15.2. The van der Waals surface area contributed by atoms with Crippen molar-refractivity contribution in [1.29, 1.82) is 0 Å². The molecule has 0 bridgehead atoms. The van der Waals surface area contributed by atoms with Crippen molar-refractivity contribution in [3.05, 3.63) is 65.9 Å². The second-order valence-corrected chi connectivity index (χ2v) is 8.71. The average molecular weight is 436 g/mol. The van der Waals surface area contributed by atoms with Gasteiger partial charge in [0.05, 0.1) is 5.92 Å². The Bertz CT molecular complexity index is 1130. The van der Waals surface area contributed by atoms with Crippen LogP contribution in [0.1, 0.15) is 47.8 Å². The van der Waals surface area contributed by atoms with Crippen molar-refractivity contribution in [2.24, 2.45) is 5.92 Å². The number of halogens is 1. The minimum Gasteiger partial charge on any atom is -0.342 e. The summed E-state index contributed by atoms with van der Waals surface area (Å²) in [6.07, 6.45) is 5.42. The van der Waals surface area contributed by atoms with Crippen LogP contribution in [0, 0.1) is 11.7 Å². The van der Waals surface area contributed by atoms with Gasteiger partial charge in [-0.15, -0.1) is 10.2 Å². The van der Waals surface area contributed by atoms with Crippen LogP contribution in [0.15, 0.2) is 48.7 Å². The molecule has 2 aromatic heterocycles. The molecule has 166 valence electrons. The van der Waals surface area contributed by atoms with Crippen LogP contribution in [0.2, 0.25) is 0 Å². The summed E-state index contributed by atoms with van der Waals surface area (Å²) in [5, 5.41) is 8.65. The summed E-state index contributed by atoms with van der Waals surface area (Å²) >= 11 is 0. The maximum atomic E-state index is 13.4. The summed E-state index contributed by atoms with van der Waals surface area (Å²) in [4.78, 5) is 29.9. The predicted molar refractivity (Wildman–Crippen MR) is 117 cm³/mol. The molecular weight excluding hydrogens is 409 g/mol. The zero-order valence-electron chi connectivity index (χ0n) is 17.9. The SMILES string of the molecule is O=C(c1ccc(F)cc1)N1CCCC(C(=O)N2CCCC(c3nnc4ccccn34)C2)C1. The zero-order valence-corrected chi connectivity index (χ0v) is 17.9. The van der Waals surface area contributed by atoms with Crippen LogP contribution in [0.25, 0.3) is 5.65 Å². The Labute approximate surface area is 185 Å². The largest absolute Gasteiger partial charge is 0.342 e. The fraction of sp³-hybridized carbons (Fsp3) is 0.417. The Morgan fingerprint density at radius 1 is 0.906 bits per heavy atom. The van der Waals surface area contributed by atoms with Gasteiger partial charge in [0.25, 0.3) is 5.91 Å². The zero-order chi connectivity index (χ0) is 22.1. The highest BCUT2D eigenvalue weighted by molar-refractivity contribution is 5.94. The number of piperidine rings is 2. The van der Waals surface area contributed by atoms with Crippen molar-refractivity contribution in [3.63, 3.8) is 0 Å². The summed E-state index contributed by atoms with van der Waals surface area (Å²) in [6.45, 7) is 2.38. The number of benzene rings is 1. The minimum atomic E-state index is -0.367. The molecule has 1 aromatic carbocycles. The average Bonchev–Trinajstić information content (AvgIpc) is 3.28. The Morgan fingerprint density at radius 3 is 2.53 bits per heavy atom. The van der Waals surface area contributed by atoms with Crippen molar-refractivity contribution < 1.29 is 14.0 Å². The molecule has 2 amide bonds. The number of fused-ring (bicyclic) bond motifs is 1. The highest BCUT2D eigenvalue weighted by Crippen LogP contribution is 2.29. The Balaban J connectivity index is 1.27. The molecule has 5 rings (SSSR count). The molecule has 0 radical (unpaired) electrons. The number of hydrogen-bond acceptors (Lipinski definition) is 4. The van der Waals surface area contributed by atoms with E-state index in [0.717, 1.165) is 43.7 Å². The number of pyridine rings is 1. The smallest absolute Gasteiger partial charge is 0.253 e. The van der Waals surface area contributed by atoms with Crippen molar-refractivity contribution in [1.82, 2.24) is 24.4 Å². The number of aromatic nitrogens is 3. The first-order valence-corrected chi connectivity index (χ1v) is 11.2. The normalized spacial score (nSPS) is 21.7. The van der Waals surface area contributed by atoms with Gasteiger partial charge in [-0.05, 0) is 62.1 Å². The van der Waals surface area contributed by atoms with Gasteiger partial charge in [0, 0.05) is 43.9 Å². The van der Waals surface area contributed by atoms with E-state index >= 15 is 0 Å². The molecule has 2 saturated heterocycles. The fourth-order valence-electron chi connectivity index (χ4n) is 4.92. The summed E-state index contributed by atoms with van der Waals surface area (Å²) in [5.74, 6) is 0.435. The monoisotopic (exact) mass is 435 g/mol. The van der Waals surface area contributed by atoms with E-state index < -0.39 is 0 Å². The number of likely N-dealkylation sites (tertiary alicyclic amines) is 2. The van der Waals surface area contributed by atoms with E-state index in [0.29, 0.717) is 25.2 Å². The van der Waals surface area contributed by atoms with E-state index in [1.54, 1.807) is 4.90 Å². The van der Waals surface area contributed by atoms with E-state index in [1.165, 1.54) is 24.3 Å². The molecular formula is C24H26FN5O2. The van der Waals surface area contributed by atoms with Gasteiger partial charge in [-0.1, -0.05) is 6.07 Å². The molecule has 7 nitrogen and oxygen atoms in total. The number of nitrogens with zero attached hydrogens (tertiary/aromatic N) is 5. The predicted octanol–water partition coefficient (Wildman–Crippen LogP) is 3.13. The second kappa shape index (κ2) is 8.68. The summed E-state index contributed by atoms with van der Waals surface area (Å²) in [6, 6.07) is 11.4. The summed E-state index contributed by atoms with van der Waals surface area (Å²) in [5.41, 5.74) is 1.27. The van der Waals surface area contributed by atoms with Gasteiger partial charge in [0.1, 0.15) is 11.6 Å². The van der Waals surface area contributed by atoms with Gasteiger partial charge < -0.3 is 9.80 Å². The third kappa shape index (κ3) is 3.97. The first-order valence-electron chi connectivity index (χ1n) is 11.2. The molecule has 0 aliphatic carbocycles. The number of hydrogen-bond donors (Lipinski definition) is 0. The second-order valence-electron chi connectivity index (χ2n) is 8.71. The van der Waals surface area contributed by atoms with E-state index in [-0.39, 0.29) is 29.5 Å². The third-order valence-electron chi connectivity index (χ3n) is 6.59. The minimum absolute atomic E-state index is 0.111. The molecule has 32 heavy (non-hydrogen) atoms. The van der Waals surface area contributed by atoms with Crippen LogP contribution in [-0.2, 0) is 4.79 Å². The molecule has 2 atom stereocenters. The molecule has 2 fully saturated rings. The lowest BCUT2D eigenvalue weighted by Gasteiger charge is -2.38. The Morgan fingerprint density at radius 2 is 1.69 bits per heavy atom. The maximum absolute atomic E-state index is 13.4. The van der Waals surface area contributed by atoms with Gasteiger partial charge in [-0.25, -0.2) is 4.39 Å². The number of rotatable bonds is 3. The molecule has 2 aliphatic rings. The molecule has 0 N–H and O–H groups in total. The lowest BCUT2D eigenvalue weighted by atomic mass is 9.92. The van der Waals surface area contributed by atoms with Gasteiger partial charge in [0.15, 0.2) is 5.65 Å². The molecule has 8 heteroatoms. The van der Waals surface area contributed by atoms with Gasteiger partial charge in [0.2, 0.25) is 5.91 Å². The lowest BCUT2D eigenvalue weighted by Crippen LogP contribution is -2.49. The number of carbonyl (C=O) groups is 2. The van der Waals surface area contributed by atoms with Crippen LogP contribution in [0.3, 0.4) is 0 Å². The maximum Gasteiger partial charge on any atom is 0.253 e. The van der Waals surface area contributed by atoms with Crippen molar-refractivity contribution in [2.45, 2.75) is 31.6 Å². The van der Waals surface area contributed by atoms with E-state index in [2.05, 4.69) is 10.2 Å². The van der Waals surface area contributed by atoms with Gasteiger partial charge in [-0.2, -0.15) is 0 Å². The molecule has 2 aliphatic heterocycles. The molecule has 0 saturated carbocycles. The van der Waals surface area contributed by atoms with Crippen molar-refractivity contribution in [3.8, 4) is 0 Å². The Hall–Kier alpha value is -3.29. The van der Waals surface area contributed by atoms with Gasteiger partial charge >= 0.3 is 0 Å². The molecule has 2 unspecified atom stereocenters. The lowest BCUT2D eigenvalue weighted by molar-refractivity contribution is -0.138. The number of amides is 2. The number of carbonyl (C=O) groups excluding carboxylic acids is 2. The first-order chi connectivity index (χ1) is 15.6. The molecule has 3 aromatic rings. The molecule has 4 heterocycles. The van der Waals surface area contributed by atoms with Crippen LogP contribution in [0.5, 0.6) is 0 Å². The first kappa shape index (κ1) is 20.6. The van der Waals surface area contributed by atoms with Crippen LogP contribution >= 0.6 is 0 Å². The van der Waals surface area contributed by atoms with E-state index in [1.807, 2.05) is 33.7 Å². The highest BCUT2D eigenvalue weighted by atomic mass is 19.1. The van der Waals surface area contributed by atoms with Crippen molar-refractivity contribution in [2.75, 3.05) is 26.2 Å².